The van der Waals surface area contributed by atoms with E-state index in [4.69, 9.17) is 32.7 Å². The number of carbonyl (C=O) groups excluding carboxylic acids is 2. The lowest BCUT2D eigenvalue weighted by Crippen LogP contribution is -2.55. The molecule has 2 aromatic rings. The Morgan fingerprint density at radius 2 is 1.90 bits per heavy atom. The number of ketones is 1. The maximum absolute atomic E-state index is 12.7. The van der Waals surface area contributed by atoms with E-state index in [0.717, 1.165) is 6.07 Å². The highest BCUT2D eigenvalue weighted by atomic mass is 35.5. The smallest absolute Gasteiger partial charge is 0.417 e. The molecule has 0 saturated carbocycles. The van der Waals surface area contributed by atoms with Crippen LogP contribution in [-0.4, -0.2) is 29.3 Å². The summed E-state index contributed by atoms with van der Waals surface area (Å²) in [5, 5.41) is 11.2. The maximum Gasteiger partial charge on any atom is 0.417 e. The first-order valence-corrected chi connectivity index (χ1v) is 9.30. The van der Waals surface area contributed by atoms with Gasteiger partial charge in [0.05, 0.1) is 10.6 Å². The monoisotopic (exact) mass is 475 g/mol. The number of rotatable bonds is 7. The van der Waals surface area contributed by atoms with Crippen LogP contribution >= 0.6 is 23.2 Å². The summed E-state index contributed by atoms with van der Waals surface area (Å²) >= 11 is 11.9. The van der Waals surface area contributed by atoms with Crippen LogP contribution in [-0.2, 0) is 15.8 Å². The standard InChI is InChI=1S/C19H14Cl2F3N3O4/c1-3-15(28)18(9-25,17(29)26-2)31-14-7-11(4-5-12(14)20)30-16-13(21)6-10(8-27-16)19(22,23)24/h4-8H,3H2,1-2H3,(H,26,29). The van der Waals surface area contributed by atoms with Crippen LogP contribution in [0.5, 0.6) is 17.4 Å². The number of carbonyl (C=O) groups is 2. The number of nitriles is 1. The van der Waals surface area contributed by atoms with E-state index in [1.54, 1.807) is 6.07 Å². The van der Waals surface area contributed by atoms with Crippen LogP contribution in [0.3, 0.4) is 0 Å². The minimum absolute atomic E-state index is 0.0405. The van der Waals surface area contributed by atoms with Crippen molar-refractivity contribution in [3.8, 4) is 23.4 Å². The first-order chi connectivity index (χ1) is 14.5. The molecule has 0 aliphatic carbocycles. The van der Waals surface area contributed by atoms with Crippen LogP contribution in [0.4, 0.5) is 13.2 Å². The number of alkyl halides is 3. The van der Waals surface area contributed by atoms with Crippen molar-refractivity contribution in [2.75, 3.05) is 7.05 Å². The Kier molecular flexibility index (Phi) is 7.36. The van der Waals surface area contributed by atoms with E-state index >= 15 is 0 Å². The van der Waals surface area contributed by atoms with Gasteiger partial charge in [0.15, 0.2) is 0 Å². The Hall–Kier alpha value is -3.03. The van der Waals surface area contributed by atoms with E-state index in [1.807, 2.05) is 0 Å². The summed E-state index contributed by atoms with van der Waals surface area (Å²) in [6, 6.07) is 5.94. The third-order valence-corrected chi connectivity index (χ3v) is 4.52. The lowest BCUT2D eigenvalue weighted by Gasteiger charge is -2.25. The topological polar surface area (TPSA) is 101 Å². The van der Waals surface area contributed by atoms with Crippen LogP contribution in [0.2, 0.25) is 10.0 Å². The SMILES string of the molecule is CCC(=O)C(C#N)(Oc1cc(Oc2ncc(C(F)(F)F)cc2Cl)ccc1Cl)C(=O)NC. The molecule has 1 heterocycles. The molecule has 2 rings (SSSR count). The third kappa shape index (κ3) is 5.18. The van der Waals surface area contributed by atoms with Crippen LogP contribution in [0, 0.1) is 11.3 Å². The Balaban J connectivity index is 2.41. The second-order valence-corrected chi connectivity index (χ2v) is 6.77. The number of amides is 1. The van der Waals surface area contributed by atoms with Crippen LogP contribution in [0.15, 0.2) is 30.5 Å². The van der Waals surface area contributed by atoms with Crippen molar-refractivity contribution < 1.29 is 32.2 Å². The molecule has 1 aromatic heterocycles. The number of hydrogen-bond donors (Lipinski definition) is 1. The summed E-state index contributed by atoms with van der Waals surface area (Å²) < 4.78 is 49.0. The third-order valence-electron chi connectivity index (χ3n) is 3.93. The molecule has 0 aliphatic rings. The molecule has 0 bridgehead atoms. The van der Waals surface area contributed by atoms with E-state index < -0.39 is 34.1 Å². The van der Waals surface area contributed by atoms with Crippen molar-refractivity contribution in [2.24, 2.45) is 0 Å². The Labute approximate surface area is 184 Å². The average Bonchev–Trinajstić information content (AvgIpc) is 2.73. The number of nitrogens with one attached hydrogen (secondary N) is 1. The molecule has 31 heavy (non-hydrogen) atoms. The van der Waals surface area contributed by atoms with Gasteiger partial charge in [0.1, 0.15) is 22.6 Å². The maximum atomic E-state index is 12.7. The number of hydrogen-bond acceptors (Lipinski definition) is 6. The molecule has 0 aliphatic heterocycles. The van der Waals surface area contributed by atoms with Crippen molar-refractivity contribution in [3.63, 3.8) is 0 Å². The number of nitrogens with zero attached hydrogens (tertiary/aromatic N) is 2. The zero-order valence-corrected chi connectivity index (χ0v) is 17.5. The molecule has 1 unspecified atom stereocenters. The molecular weight excluding hydrogens is 462 g/mol. The Bertz CT molecular complexity index is 1040. The van der Waals surface area contributed by atoms with E-state index in [1.165, 1.54) is 26.1 Å². The van der Waals surface area contributed by atoms with Gasteiger partial charge in [-0.05, 0) is 18.2 Å². The fourth-order valence-corrected chi connectivity index (χ4v) is 2.71. The summed E-state index contributed by atoms with van der Waals surface area (Å²) in [5.74, 6) is -2.46. The summed E-state index contributed by atoms with van der Waals surface area (Å²) in [7, 11) is 1.22. The molecule has 1 atom stereocenters. The van der Waals surface area contributed by atoms with Crippen molar-refractivity contribution in [2.45, 2.75) is 25.1 Å². The fourth-order valence-electron chi connectivity index (χ4n) is 2.35. The molecule has 1 N–H and O–H groups in total. The zero-order chi connectivity index (χ0) is 23.4. The summed E-state index contributed by atoms with van der Waals surface area (Å²) in [6.45, 7) is 1.44. The second kappa shape index (κ2) is 9.41. The number of halogens is 5. The molecule has 0 radical (unpaired) electrons. The summed E-state index contributed by atoms with van der Waals surface area (Å²) in [5.41, 5.74) is -3.57. The number of pyridine rings is 1. The van der Waals surface area contributed by atoms with Crippen LogP contribution < -0.4 is 14.8 Å². The van der Waals surface area contributed by atoms with E-state index in [2.05, 4.69) is 10.3 Å². The van der Waals surface area contributed by atoms with Crippen molar-refractivity contribution in [1.82, 2.24) is 10.3 Å². The molecule has 1 aromatic carbocycles. The Morgan fingerprint density at radius 1 is 1.23 bits per heavy atom. The average molecular weight is 476 g/mol. The van der Waals surface area contributed by atoms with Gasteiger partial charge >= 0.3 is 11.8 Å². The summed E-state index contributed by atoms with van der Waals surface area (Å²) in [6.07, 6.45) is -4.27. The van der Waals surface area contributed by atoms with Gasteiger partial charge in [-0.2, -0.15) is 18.4 Å². The molecule has 1 amide bonds. The normalized spacial score (nSPS) is 13.0. The molecule has 0 saturated heterocycles. The first kappa shape index (κ1) is 24.2. The number of benzene rings is 1. The fraction of sp³-hybridized carbons (Fsp3) is 0.263. The van der Waals surface area contributed by atoms with Crippen molar-refractivity contribution in [1.29, 1.82) is 5.26 Å². The molecule has 7 nitrogen and oxygen atoms in total. The predicted molar refractivity (Wildman–Crippen MR) is 104 cm³/mol. The molecule has 164 valence electrons. The quantitative estimate of drug-likeness (QED) is 0.588. The lowest BCUT2D eigenvalue weighted by atomic mass is 9.96. The molecule has 0 spiro atoms. The van der Waals surface area contributed by atoms with E-state index in [-0.39, 0.29) is 28.8 Å². The predicted octanol–water partition coefficient (Wildman–Crippen LogP) is 4.57. The highest BCUT2D eigenvalue weighted by molar-refractivity contribution is 6.32. The molecular formula is C19H14Cl2F3N3O4. The van der Waals surface area contributed by atoms with Gasteiger partial charge in [0, 0.05) is 25.7 Å². The zero-order valence-electron chi connectivity index (χ0n) is 16.0. The number of Topliss-reactive ketones (excluding diaryl/α,β-unsaturated/α-hetero) is 1. The molecule has 12 heteroatoms. The second-order valence-electron chi connectivity index (χ2n) is 5.95. The van der Waals surface area contributed by atoms with Crippen LogP contribution in [0.25, 0.3) is 0 Å². The van der Waals surface area contributed by atoms with Crippen molar-refractivity contribution >= 4 is 34.9 Å². The van der Waals surface area contributed by atoms with E-state index in [9.17, 15) is 28.0 Å². The minimum Gasteiger partial charge on any atom is -0.455 e. The van der Waals surface area contributed by atoms with Gasteiger partial charge in [0.2, 0.25) is 11.7 Å². The summed E-state index contributed by atoms with van der Waals surface area (Å²) in [4.78, 5) is 28.1. The molecule has 0 fully saturated rings. The highest BCUT2D eigenvalue weighted by Crippen LogP contribution is 2.37. The minimum atomic E-state index is -4.64. The van der Waals surface area contributed by atoms with Gasteiger partial charge < -0.3 is 14.8 Å². The largest absolute Gasteiger partial charge is 0.455 e. The van der Waals surface area contributed by atoms with Gasteiger partial charge in [-0.1, -0.05) is 30.1 Å². The van der Waals surface area contributed by atoms with Crippen molar-refractivity contribution in [3.05, 3.63) is 46.1 Å². The van der Waals surface area contributed by atoms with E-state index in [0.29, 0.717) is 12.3 Å². The van der Waals surface area contributed by atoms with Crippen LogP contribution in [0.1, 0.15) is 18.9 Å². The lowest BCUT2D eigenvalue weighted by molar-refractivity contribution is -0.143. The highest BCUT2D eigenvalue weighted by Gasteiger charge is 2.48. The number of likely N-dealkylation sites (N-methyl/N-ethyl adjacent to an activating group) is 1. The van der Waals surface area contributed by atoms with Gasteiger partial charge in [-0.25, -0.2) is 4.98 Å². The van der Waals surface area contributed by atoms with Gasteiger partial charge in [0.25, 0.3) is 5.91 Å². The number of aromatic nitrogens is 1. The van der Waals surface area contributed by atoms with Gasteiger partial charge in [-0.15, -0.1) is 0 Å². The Morgan fingerprint density at radius 3 is 2.42 bits per heavy atom. The number of ether oxygens (including phenoxy) is 2. The van der Waals surface area contributed by atoms with Gasteiger partial charge in [-0.3, -0.25) is 9.59 Å². The first-order valence-electron chi connectivity index (χ1n) is 8.54.